The van der Waals surface area contributed by atoms with E-state index in [-0.39, 0.29) is 18.1 Å². The molecule has 7 nitrogen and oxygen atoms in total. The molecule has 2 aliphatic rings. The Morgan fingerprint density at radius 2 is 2.22 bits per heavy atom. The summed E-state index contributed by atoms with van der Waals surface area (Å²) in [7, 11) is 0. The Labute approximate surface area is 133 Å². The SMILES string of the molecule is Cc1noc([C@H]2C[C@@H]3CCN(C(=O)c4ccc(C)o4)C[C@H]3O2)n1. The second-order valence-corrected chi connectivity index (χ2v) is 6.29. The molecule has 122 valence electrons. The van der Waals surface area contributed by atoms with E-state index in [0.717, 1.165) is 25.1 Å². The third-order valence-electron chi connectivity index (χ3n) is 4.61. The number of piperidine rings is 1. The molecule has 0 spiro atoms. The van der Waals surface area contributed by atoms with Crippen LogP contribution in [0.25, 0.3) is 0 Å². The van der Waals surface area contributed by atoms with Gasteiger partial charge in [-0.05, 0) is 44.7 Å². The maximum atomic E-state index is 12.5. The van der Waals surface area contributed by atoms with Crippen LogP contribution in [0.2, 0.25) is 0 Å². The molecule has 1 amide bonds. The Bertz CT molecular complexity index is 722. The molecule has 4 rings (SSSR count). The zero-order valence-corrected chi connectivity index (χ0v) is 13.2. The van der Waals surface area contributed by atoms with Gasteiger partial charge in [-0.15, -0.1) is 0 Å². The molecule has 2 fully saturated rings. The molecule has 4 heterocycles. The van der Waals surface area contributed by atoms with Crippen molar-refractivity contribution < 1.29 is 18.5 Å². The fourth-order valence-corrected chi connectivity index (χ4v) is 3.42. The largest absolute Gasteiger partial charge is 0.456 e. The van der Waals surface area contributed by atoms with Gasteiger partial charge in [0.15, 0.2) is 11.6 Å². The van der Waals surface area contributed by atoms with Gasteiger partial charge in [0.2, 0.25) is 0 Å². The van der Waals surface area contributed by atoms with Crippen molar-refractivity contribution >= 4 is 5.91 Å². The number of hydrogen-bond donors (Lipinski definition) is 0. The standard InChI is InChI=1S/C16H19N3O4/c1-9-3-4-12(21-9)16(20)19-6-5-11-7-13(22-14(11)8-19)15-17-10(2)18-23-15/h3-4,11,13-14H,5-8H2,1-2H3/t11-,13+,14+/m0/s1. The number of hydrogen-bond acceptors (Lipinski definition) is 6. The molecule has 0 radical (unpaired) electrons. The first-order chi connectivity index (χ1) is 11.1. The summed E-state index contributed by atoms with van der Waals surface area (Å²) in [6.07, 6.45) is 1.64. The van der Waals surface area contributed by atoms with Gasteiger partial charge in [0.25, 0.3) is 11.8 Å². The lowest BCUT2D eigenvalue weighted by atomic mass is 9.91. The second kappa shape index (κ2) is 5.49. The number of furan rings is 1. The number of carbonyl (C=O) groups is 1. The van der Waals surface area contributed by atoms with Gasteiger partial charge < -0.3 is 18.6 Å². The van der Waals surface area contributed by atoms with E-state index in [0.29, 0.717) is 29.9 Å². The minimum absolute atomic E-state index is 0.0148. The average molecular weight is 317 g/mol. The summed E-state index contributed by atoms with van der Waals surface area (Å²) in [5.41, 5.74) is 0. The Hall–Kier alpha value is -2.15. The fourth-order valence-electron chi connectivity index (χ4n) is 3.42. The molecule has 0 aliphatic carbocycles. The summed E-state index contributed by atoms with van der Waals surface area (Å²) in [6, 6.07) is 3.53. The maximum absolute atomic E-state index is 12.5. The minimum atomic E-state index is -0.160. The number of fused-ring (bicyclic) bond motifs is 1. The van der Waals surface area contributed by atoms with Gasteiger partial charge in [0, 0.05) is 13.1 Å². The lowest BCUT2D eigenvalue weighted by Gasteiger charge is -2.33. The van der Waals surface area contributed by atoms with Crippen LogP contribution in [0.1, 0.15) is 47.0 Å². The summed E-state index contributed by atoms with van der Waals surface area (Å²) < 4.78 is 16.7. The second-order valence-electron chi connectivity index (χ2n) is 6.29. The Morgan fingerprint density at radius 1 is 1.35 bits per heavy atom. The monoisotopic (exact) mass is 317 g/mol. The highest BCUT2D eigenvalue weighted by atomic mass is 16.5. The molecule has 0 unspecified atom stereocenters. The molecule has 2 aliphatic heterocycles. The summed E-state index contributed by atoms with van der Waals surface area (Å²) >= 11 is 0. The summed E-state index contributed by atoms with van der Waals surface area (Å²) in [5.74, 6) is 2.64. The average Bonchev–Trinajstić information content (AvgIpc) is 3.24. The number of ether oxygens (including phenoxy) is 1. The summed E-state index contributed by atoms with van der Waals surface area (Å²) in [4.78, 5) is 18.6. The predicted molar refractivity (Wildman–Crippen MR) is 78.7 cm³/mol. The van der Waals surface area contributed by atoms with Crippen molar-refractivity contribution in [2.45, 2.75) is 38.9 Å². The third kappa shape index (κ3) is 2.65. The van der Waals surface area contributed by atoms with Crippen molar-refractivity contribution in [2.24, 2.45) is 5.92 Å². The summed E-state index contributed by atoms with van der Waals surface area (Å²) in [5, 5.41) is 3.82. The van der Waals surface area contributed by atoms with Crippen LogP contribution in [-0.2, 0) is 4.74 Å². The van der Waals surface area contributed by atoms with E-state index >= 15 is 0 Å². The Kier molecular flexibility index (Phi) is 3.45. The molecular formula is C16H19N3O4. The van der Waals surface area contributed by atoms with Crippen LogP contribution < -0.4 is 0 Å². The highest BCUT2D eigenvalue weighted by molar-refractivity contribution is 5.91. The van der Waals surface area contributed by atoms with Crippen molar-refractivity contribution in [1.82, 2.24) is 15.0 Å². The number of aryl methyl sites for hydroxylation is 2. The van der Waals surface area contributed by atoms with Gasteiger partial charge in [-0.3, -0.25) is 4.79 Å². The van der Waals surface area contributed by atoms with Gasteiger partial charge in [0.05, 0.1) is 6.10 Å². The molecule has 7 heteroatoms. The smallest absolute Gasteiger partial charge is 0.289 e. The first-order valence-corrected chi connectivity index (χ1v) is 7.91. The lowest BCUT2D eigenvalue weighted by molar-refractivity contribution is -0.0143. The molecular weight excluding hydrogens is 298 g/mol. The van der Waals surface area contributed by atoms with E-state index in [1.54, 1.807) is 24.0 Å². The van der Waals surface area contributed by atoms with Crippen molar-refractivity contribution in [3.8, 4) is 0 Å². The molecule has 0 saturated carbocycles. The summed E-state index contributed by atoms with van der Waals surface area (Å²) in [6.45, 7) is 4.92. The first-order valence-electron chi connectivity index (χ1n) is 7.91. The topological polar surface area (TPSA) is 81.6 Å². The van der Waals surface area contributed by atoms with Crippen LogP contribution in [-0.4, -0.2) is 40.1 Å². The normalized spacial score (nSPS) is 27.2. The van der Waals surface area contributed by atoms with Crippen molar-refractivity contribution in [3.63, 3.8) is 0 Å². The molecule has 0 aromatic carbocycles. The third-order valence-corrected chi connectivity index (χ3v) is 4.61. The number of rotatable bonds is 2. The van der Waals surface area contributed by atoms with E-state index in [1.165, 1.54) is 0 Å². The van der Waals surface area contributed by atoms with Crippen molar-refractivity contribution in [1.29, 1.82) is 0 Å². The fraction of sp³-hybridized carbons (Fsp3) is 0.562. The van der Waals surface area contributed by atoms with Crippen LogP contribution in [0.4, 0.5) is 0 Å². The van der Waals surface area contributed by atoms with E-state index in [4.69, 9.17) is 13.7 Å². The number of amides is 1. The van der Waals surface area contributed by atoms with E-state index < -0.39 is 0 Å². The zero-order valence-electron chi connectivity index (χ0n) is 13.2. The van der Waals surface area contributed by atoms with Crippen LogP contribution >= 0.6 is 0 Å². The molecule has 2 saturated heterocycles. The number of aromatic nitrogens is 2. The number of carbonyl (C=O) groups excluding carboxylic acids is 1. The highest BCUT2D eigenvalue weighted by Gasteiger charge is 2.43. The Morgan fingerprint density at radius 3 is 2.91 bits per heavy atom. The van der Waals surface area contributed by atoms with Crippen LogP contribution in [0, 0.1) is 19.8 Å². The predicted octanol–water partition coefficient (Wildman–Crippen LogP) is 2.27. The van der Waals surface area contributed by atoms with Gasteiger partial charge in [-0.1, -0.05) is 5.16 Å². The highest BCUT2D eigenvalue weighted by Crippen LogP contribution is 2.40. The number of likely N-dealkylation sites (tertiary alicyclic amines) is 1. The quantitative estimate of drug-likeness (QED) is 0.845. The molecule has 23 heavy (non-hydrogen) atoms. The molecule has 3 atom stereocenters. The molecule has 0 bridgehead atoms. The maximum Gasteiger partial charge on any atom is 0.289 e. The van der Waals surface area contributed by atoms with E-state index in [2.05, 4.69) is 10.1 Å². The molecule has 2 aromatic rings. The lowest BCUT2D eigenvalue weighted by Crippen LogP contribution is -2.45. The van der Waals surface area contributed by atoms with Gasteiger partial charge in [0.1, 0.15) is 11.9 Å². The van der Waals surface area contributed by atoms with Crippen LogP contribution in [0.3, 0.4) is 0 Å². The van der Waals surface area contributed by atoms with Crippen molar-refractivity contribution in [3.05, 3.63) is 35.4 Å². The van der Waals surface area contributed by atoms with E-state index in [1.807, 2.05) is 6.92 Å². The van der Waals surface area contributed by atoms with E-state index in [9.17, 15) is 4.79 Å². The van der Waals surface area contributed by atoms with Crippen LogP contribution in [0.5, 0.6) is 0 Å². The zero-order chi connectivity index (χ0) is 16.0. The minimum Gasteiger partial charge on any atom is -0.456 e. The van der Waals surface area contributed by atoms with Gasteiger partial charge in [-0.25, -0.2) is 0 Å². The Balaban J connectivity index is 1.44. The van der Waals surface area contributed by atoms with Gasteiger partial charge in [-0.2, -0.15) is 4.98 Å². The van der Waals surface area contributed by atoms with Gasteiger partial charge >= 0.3 is 0 Å². The van der Waals surface area contributed by atoms with Crippen molar-refractivity contribution in [2.75, 3.05) is 13.1 Å². The first kappa shape index (κ1) is 14.4. The number of nitrogens with zero attached hydrogens (tertiary/aromatic N) is 3. The van der Waals surface area contributed by atoms with Crippen LogP contribution in [0.15, 0.2) is 21.1 Å². The molecule has 2 aromatic heterocycles. The molecule has 0 N–H and O–H groups in total.